The quantitative estimate of drug-likeness (QED) is 0.893. The van der Waals surface area contributed by atoms with Crippen molar-refractivity contribution in [2.45, 2.75) is 42.2 Å². The molecule has 1 spiro atoms. The van der Waals surface area contributed by atoms with Crippen molar-refractivity contribution in [3.8, 4) is 0 Å². The molecule has 2 aliphatic carbocycles. The molecule has 1 aliphatic heterocycles. The van der Waals surface area contributed by atoms with Crippen molar-refractivity contribution in [1.29, 1.82) is 0 Å². The van der Waals surface area contributed by atoms with Gasteiger partial charge in [0.2, 0.25) is 0 Å². The maximum atomic E-state index is 12.6. The van der Waals surface area contributed by atoms with Gasteiger partial charge in [-0.05, 0) is 55.1 Å². The van der Waals surface area contributed by atoms with E-state index >= 15 is 0 Å². The molecule has 0 atom stereocenters. The maximum Gasteiger partial charge on any atom is 0.303 e. The minimum Gasteiger partial charge on any atom is -0.481 e. The molecular weight excluding hydrogens is 322 g/mol. The highest BCUT2D eigenvalue weighted by molar-refractivity contribution is 7.91. The number of hydrogen-bond donors (Lipinski definition) is 1. The van der Waals surface area contributed by atoms with Crippen molar-refractivity contribution in [3.63, 3.8) is 0 Å². The Morgan fingerprint density at radius 2 is 2.00 bits per heavy atom. The van der Waals surface area contributed by atoms with Gasteiger partial charge in [-0.1, -0.05) is 0 Å². The summed E-state index contributed by atoms with van der Waals surface area (Å²) in [6, 6.07) is 3.70. The van der Waals surface area contributed by atoms with Crippen LogP contribution in [0.15, 0.2) is 16.3 Å². The van der Waals surface area contributed by atoms with Gasteiger partial charge in [0.1, 0.15) is 4.21 Å². The lowest BCUT2D eigenvalue weighted by molar-refractivity contribution is -0.142. The second-order valence-electron chi connectivity index (χ2n) is 7.08. The van der Waals surface area contributed by atoms with E-state index in [1.165, 1.54) is 29.1 Å². The summed E-state index contributed by atoms with van der Waals surface area (Å²) >= 11 is 1.42. The van der Waals surface area contributed by atoms with Gasteiger partial charge in [-0.15, -0.1) is 11.3 Å². The second kappa shape index (κ2) is 4.79. The van der Waals surface area contributed by atoms with Gasteiger partial charge in [-0.25, -0.2) is 8.42 Å². The molecule has 1 saturated heterocycles. The fraction of sp³-hybridized carbons (Fsp3) is 0.667. The zero-order valence-electron chi connectivity index (χ0n) is 12.2. The van der Waals surface area contributed by atoms with Crippen LogP contribution in [0, 0.1) is 11.3 Å². The van der Waals surface area contributed by atoms with Crippen LogP contribution in [0.4, 0.5) is 0 Å². The topological polar surface area (TPSA) is 74.7 Å². The van der Waals surface area contributed by atoms with Gasteiger partial charge in [-0.2, -0.15) is 4.31 Å². The Labute approximate surface area is 134 Å². The highest BCUT2D eigenvalue weighted by Crippen LogP contribution is 2.54. The van der Waals surface area contributed by atoms with E-state index in [1.54, 1.807) is 10.4 Å². The first kappa shape index (κ1) is 14.7. The molecule has 0 aromatic carbocycles. The standard InChI is InChI=1S/C15H19NO4S2/c17-13(18)5-10-6-15(7-10)8-16(9-15)22(19,20)14-4-3-12(21-14)11-1-2-11/h3-4,10-11H,1-2,5-9H2,(H,17,18). The summed E-state index contributed by atoms with van der Waals surface area (Å²) in [5.74, 6) is 0.0560. The normalized spacial score (nSPS) is 24.9. The number of carboxylic acid groups (broad SMARTS) is 1. The van der Waals surface area contributed by atoms with E-state index in [4.69, 9.17) is 5.11 Å². The van der Waals surface area contributed by atoms with Crippen molar-refractivity contribution in [3.05, 3.63) is 17.0 Å². The Balaban J connectivity index is 1.38. The van der Waals surface area contributed by atoms with Crippen LogP contribution in [0.25, 0.3) is 0 Å². The van der Waals surface area contributed by atoms with Crippen molar-refractivity contribution in [1.82, 2.24) is 4.31 Å². The first-order valence-electron chi connectivity index (χ1n) is 7.70. The van der Waals surface area contributed by atoms with Crippen molar-refractivity contribution in [2.24, 2.45) is 11.3 Å². The summed E-state index contributed by atoms with van der Waals surface area (Å²) < 4.78 is 27.2. The summed E-state index contributed by atoms with van der Waals surface area (Å²) in [4.78, 5) is 11.9. The Bertz CT molecular complexity index is 706. The SMILES string of the molecule is O=C(O)CC1CC2(C1)CN(S(=O)(=O)c1ccc(C3CC3)s1)C2. The van der Waals surface area contributed by atoms with E-state index in [2.05, 4.69) is 0 Å². The third-order valence-electron chi connectivity index (χ3n) is 5.11. The van der Waals surface area contributed by atoms with Crippen molar-refractivity contribution in [2.75, 3.05) is 13.1 Å². The van der Waals surface area contributed by atoms with Crippen molar-refractivity contribution >= 4 is 27.3 Å². The number of nitrogens with zero attached hydrogens (tertiary/aromatic N) is 1. The van der Waals surface area contributed by atoms with E-state index in [0.717, 1.165) is 12.8 Å². The van der Waals surface area contributed by atoms with Crippen LogP contribution < -0.4 is 0 Å². The van der Waals surface area contributed by atoms with Gasteiger partial charge < -0.3 is 5.11 Å². The summed E-state index contributed by atoms with van der Waals surface area (Å²) in [5, 5.41) is 8.79. The number of rotatable bonds is 5. The summed E-state index contributed by atoms with van der Waals surface area (Å²) in [6.45, 7) is 1.12. The van der Waals surface area contributed by atoms with Gasteiger partial charge >= 0.3 is 5.97 Å². The average molecular weight is 341 g/mol. The molecule has 2 saturated carbocycles. The maximum absolute atomic E-state index is 12.6. The third kappa shape index (κ3) is 2.39. The smallest absolute Gasteiger partial charge is 0.303 e. The molecule has 1 aromatic rings. The van der Waals surface area contributed by atoms with E-state index < -0.39 is 16.0 Å². The van der Waals surface area contributed by atoms with E-state index in [0.29, 0.717) is 23.2 Å². The lowest BCUT2D eigenvalue weighted by Crippen LogP contribution is -2.63. The Morgan fingerprint density at radius 1 is 1.32 bits per heavy atom. The molecule has 0 unspecified atom stereocenters. The Morgan fingerprint density at radius 3 is 2.59 bits per heavy atom. The second-order valence-corrected chi connectivity index (χ2v) is 10.4. The highest BCUT2D eigenvalue weighted by Gasteiger charge is 2.55. The number of carbonyl (C=O) groups is 1. The van der Waals surface area contributed by atoms with Gasteiger partial charge in [0.15, 0.2) is 0 Å². The zero-order valence-corrected chi connectivity index (χ0v) is 13.8. The monoisotopic (exact) mass is 341 g/mol. The van der Waals surface area contributed by atoms with Gasteiger partial charge in [0.05, 0.1) is 0 Å². The van der Waals surface area contributed by atoms with Crippen LogP contribution in [0.5, 0.6) is 0 Å². The van der Waals surface area contributed by atoms with Gasteiger partial charge in [0.25, 0.3) is 10.0 Å². The molecular formula is C15H19NO4S2. The zero-order chi connectivity index (χ0) is 15.5. The summed E-state index contributed by atoms with van der Waals surface area (Å²) in [6.07, 6.45) is 4.27. The lowest BCUT2D eigenvalue weighted by Gasteiger charge is -2.58. The van der Waals surface area contributed by atoms with E-state index in [9.17, 15) is 13.2 Å². The first-order chi connectivity index (χ1) is 10.4. The van der Waals surface area contributed by atoms with Crippen LogP contribution in [0.3, 0.4) is 0 Å². The summed E-state index contributed by atoms with van der Waals surface area (Å²) in [5.41, 5.74) is 0.0593. The molecule has 0 radical (unpaired) electrons. The number of sulfonamides is 1. The van der Waals surface area contributed by atoms with Crippen LogP contribution in [-0.4, -0.2) is 36.9 Å². The molecule has 0 amide bonds. The minimum absolute atomic E-state index is 0.0593. The fourth-order valence-corrected chi connectivity index (χ4v) is 7.19. The number of hydrogen-bond acceptors (Lipinski definition) is 4. The predicted octanol–water partition coefficient (Wildman–Crippen LogP) is 2.50. The minimum atomic E-state index is -3.34. The molecule has 3 aliphatic rings. The van der Waals surface area contributed by atoms with Crippen molar-refractivity contribution < 1.29 is 18.3 Å². The molecule has 4 rings (SSSR count). The average Bonchev–Trinajstić information content (AvgIpc) is 3.07. The Hall–Kier alpha value is -0.920. The largest absolute Gasteiger partial charge is 0.481 e. The molecule has 22 heavy (non-hydrogen) atoms. The predicted molar refractivity (Wildman–Crippen MR) is 82.5 cm³/mol. The molecule has 7 heteroatoms. The molecule has 2 heterocycles. The lowest BCUT2D eigenvalue weighted by atomic mass is 9.58. The number of carboxylic acids is 1. The van der Waals surface area contributed by atoms with Crippen LogP contribution in [-0.2, 0) is 14.8 Å². The highest BCUT2D eigenvalue weighted by atomic mass is 32.2. The van der Waals surface area contributed by atoms with Crippen LogP contribution >= 0.6 is 11.3 Å². The van der Waals surface area contributed by atoms with Gasteiger partial charge in [-0.3, -0.25) is 4.79 Å². The molecule has 1 N–H and O–H groups in total. The number of aliphatic carboxylic acids is 1. The number of thiophene rings is 1. The molecule has 5 nitrogen and oxygen atoms in total. The van der Waals surface area contributed by atoms with E-state index in [1.807, 2.05) is 6.07 Å². The molecule has 0 bridgehead atoms. The fourth-order valence-electron chi connectivity index (χ4n) is 3.87. The van der Waals surface area contributed by atoms with E-state index in [-0.39, 0.29) is 17.8 Å². The molecule has 3 fully saturated rings. The first-order valence-corrected chi connectivity index (χ1v) is 9.95. The Kier molecular flexibility index (Phi) is 3.19. The van der Waals surface area contributed by atoms with Gasteiger partial charge in [0, 0.05) is 24.4 Å². The molecule has 1 aromatic heterocycles. The molecule has 120 valence electrons. The van der Waals surface area contributed by atoms with Crippen LogP contribution in [0.1, 0.15) is 42.9 Å². The summed E-state index contributed by atoms with van der Waals surface area (Å²) in [7, 11) is -3.34. The third-order valence-corrected chi connectivity index (χ3v) is 8.61. The van der Waals surface area contributed by atoms with Crippen LogP contribution in [0.2, 0.25) is 0 Å².